The molecule has 0 atom stereocenters. The third-order valence-electron chi connectivity index (χ3n) is 3.07. The zero-order valence-electron chi connectivity index (χ0n) is 10.8. The minimum atomic E-state index is 0.787. The molecule has 3 rings (SSSR count). The quantitative estimate of drug-likeness (QED) is 0.778. The molecule has 5 heteroatoms. The molecule has 2 heterocycles. The van der Waals surface area contributed by atoms with Crippen LogP contribution in [0.4, 0.5) is 5.69 Å². The van der Waals surface area contributed by atoms with E-state index in [0.29, 0.717) is 0 Å². The third kappa shape index (κ3) is 1.92. The molecule has 0 unspecified atom stereocenters. The van der Waals surface area contributed by atoms with Crippen LogP contribution in [0.25, 0.3) is 16.4 Å². The van der Waals surface area contributed by atoms with Gasteiger partial charge in [-0.1, -0.05) is 18.2 Å². The number of aromatic nitrogens is 3. The van der Waals surface area contributed by atoms with Gasteiger partial charge in [-0.2, -0.15) is 0 Å². The first-order valence-corrected chi connectivity index (χ1v) is 6.88. The minimum Gasteiger partial charge on any atom is -0.397 e. The van der Waals surface area contributed by atoms with Crippen LogP contribution in [0.1, 0.15) is 11.4 Å². The first-order valence-electron chi connectivity index (χ1n) is 6.00. The van der Waals surface area contributed by atoms with Gasteiger partial charge < -0.3 is 5.73 Å². The molecule has 4 nitrogen and oxygen atoms in total. The van der Waals surface area contributed by atoms with Crippen LogP contribution in [0.5, 0.6) is 0 Å². The molecule has 0 aliphatic carbocycles. The summed E-state index contributed by atoms with van der Waals surface area (Å²) in [5.41, 5.74) is 9.04. The number of benzene rings is 1. The molecule has 3 aromatic rings. The van der Waals surface area contributed by atoms with Gasteiger partial charge in [0.15, 0.2) is 5.82 Å². The summed E-state index contributed by atoms with van der Waals surface area (Å²) in [6.07, 6.45) is 0. The maximum absolute atomic E-state index is 6.12. The van der Waals surface area contributed by atoms with E-state index in [1.807, 2.05) is 54.1 Å². The molecule has 0 amide bonds. The number of rotatable bonds is 2. The van der Waals surface area contributed by atoms with E-state index in [0.717, 1.165) is 33.5 Å². The highest BCUT2D eigenvalue weighted by Crippen LogP contribution is 2.34. The highest BCUT2D eigenvalue weighted by molar-refractivity contribution is 7.14. The van der Waals surface area contributed by atoms with E-state index in [4.69, 9.17) is 5.73 Å². The number of hydrogen-bond acceptors (Lipinski definition) is 4. The lowest BCUT2D eigenvalue weighted by Crippen LogP contribution is -2.00. The summed E-state index contributed by atoms with van der Waals surface area (Å²) in [5.74, 6) is 1.66. The Labute approximate surface area is 115 Å². The lowest BCUT2D eigenvalue weighted by molar-refractivity contribution is 0.973. The summed E-state index contributed by atoms with van der Waals surface area (Å²) in [6, 6.07) is 10.1. The van der Waals surface area contributed by atoms with Gasteiger partial charge in [-0.25, -0.2) is 0 Å². The fourth-order valence-electron chi connectivity index (χ4n) is 2.02. The highest BCUT2D eigenvalue weighted by Gasteiger charge is 2.17. The van der Waals surface area contributed by atoms with Crippen molar-refractivity contribution in [2.45, 2.75) is 13.8 Å². The Morgan fingerprint density at radius 1 is 1.11 bits per heavy atom. The molecule has 0 fully saturated rings. The molecular weight excluding hydrogens is 256 g/mol. The summed E-state index contributed by atoms with van der Waals surface area (Å²) in [4.78, 5) is 0.974. The van der Waals surface area contributed by atoms with Gasteiger partial charge in [0.2, 0.25) is 0 Å². The predicted octanol–water partition coefficient (Wildman–Crippen LogP) is 3.19. The second-order valence-corrected chi connectivity index (χ2v) is 5.28. The number of aryl methyl sites for hydroxylation is 2. The number of nitrogen functional groups attached to an aromatic ring is 1. The van der Waals surface area contributed by atoms with Gasteiger partial charge in [0.05, 0.1) is 10.6 Å². The maximum atomic E-state index is 6.12. The average Bonchev–Trinajstić information content (AvgIpc) is 2.95. The standard InChI is InChI=1S/C14H14N4S/c1-9-8-19-13(12(9)15)14-17-16-10(2)18(14)11-6-4-3-5-7-11/h3-8H,15H2,1-2H3. The highest BCUT2D eigenvalue weighted by atomic mass is 32.1. The predicted molar refractivity (Wildman–Crippen MR) is 78.6 cm³/mol. The van der Waals surface area contributed by atoms with E-state index in [9.17, 15) is 0 Å². The molecule has 0 aliphatic heterocycles. The van der Waals surface area contributed by atoms with Crippen molar-refractivity contribution in [3.8, 4) is 16.4 Å². The second-order valence-electron chi connectivity index (χ2n) is 4.40. The van der Waals surface area contributed by atoms with Crippen LogP contribution in [0.15, 0.2) is 35.7 Å². The smallest absolute Gasteiger partial charge is 0.180 e. The SMILES string of the molecule is Cc1csc(-c2nnc(C)n2-c2ccccc2)c1N. The minimum absolute atomic E-state index is 0.787. The molecular formula is C14H14N4S. The van der Waals surface area contributed by atoms with Crippen molar-refractivity contribution in [3.63, 3.8) is 0 Å². The molecule has 19 heavy (non-hydrogen) atoms. The Morgan fingerprint density at radius 2 is 1.84 bits per heavy atom. The van der Waals surface area contributed by atoms with Crippen LogP contribution in [-0.2, 0) is 0 Å². The molecule has 1 aromatic carbocycles. The summed E-state index contributed by atoms with van der Waals surface area (Å²) in [6.45, 7) is 3.95. The second kappa shape index (κ2) is 4.51. The van der Waals surface area contributed by atoms with Crippen LogP contribution in [0.3, 0.4) is 0 Å². The molecule has 2 aromatic heterocycles. The third-order valence-corrected chi connectivity index (χ3v) is 4.17. The van der Waals surface area contributed by atoms with Gasteiger partial charge in [0.25, 0.3) is 0 Å². The van der Waals surface area contributed by atoms with E-state index >= 15 is 0 Å². The monoisotopic (exact) mass is 270 g/mol. The van der Waals surface area contributed by atoms with Gasteiger partial charge in [-0.3, -0.25) is 4.57 Å². The average molecular weight is 270 g/mol. The van der Waals surface area contributed by atoms with Crippen molar-refractivity contribution >= 4 is 17.0 Å². The summed E-state index contributed by atoms with van der Waals surface area (Å²) < 4.78 is 2.03. The van der Waals surface area contributed by atoms with Gasteiger partial charge in [-0.15, -0.1) is 21.5 Å². The van der Waals surface area contributed by atoms with Gasteiger partial charge in [0.1, 0.15) is 5.82 Å². The largest absolute Gasteiger partial charge is 0.397 e. The number of hydrogen-bond donors (Lipinski definition) is 1. The maximum Gasteiger partial charge on any atom is 0.180 e. The lowest BCUT2D eigenvalue weighted by Gasteiger charge is -2.08. The van der Waals surface area contributed by atoms with E-state index in [2.05, 4.69) is 10.2 Å². The van der Waals surface area contributed by atoms with E-state index in [-0.39, 0.29) is 0 Å². The first kappa shape index (κ1) is 11.9. The van der Waals surface area contributed by atoms with Gasteiger partial charge >= 0.3 is 0 Å². The van der Waals surface area contributed by atoms with E-state index in [1.54, 1.807) is 11.3 Å². The Bertz CT molecular complexity index is 712. The fourth-order valence-corrected chi connectivity index (χ4v) is 2.97. The van der Waals surface area contributed by atoms with Gasteiger partial charge in [0, 0.05) is 5.69 Å². The Kier molecular flexibility index (Phi) is 2.83. The number of anilines is 1. The number of thiophene rings is 1. The topological polar surface area (TPSA) is 56.7 Å². The van der Waals surface area contributed by atoms with Crippen LogP contribution in [0, 0.1) is 13.8 Å². The number of para-hydroxylation sites is 1. The van der Waals surface area contributed by atoms with Gasteiger partial charge in [-0.05, 0) is 36.9 Å². The summed E-state index contributed by atoms with van der Waals surface area (Å²) in [5, 5.41) is 10.5. The van der Waals surface area contributed by atoms with Crippen molar-refractivity contribution in [3.05, 3.63) is 47.1 Å². The first-order chi connectivity index (χ1) is 9.18. The number of nitrogens with two attached hydrogens (primary N) is 1. The molecule has 96 valence electrons. The van der Waals surface area contributed by atoms with E-state index < -0.39 is 0 Å². The van der Waals surface area contributed by atoms with Crippen LogP contribution in [0.2, 0.25) is 0 Å². The molecule has 0 saturated carbocycles. The zero-order valence-corrected chi connectivity index (χ0v) is 11.6. The van der Waals surface area contributed by atoms with Crippen molar-refractivity contribution in [2.75, 3.05) is 5.73 Å². The Morgan fingerprint density at radius 3 is 2.47 bits per heavy atom. The molecule has 0 bridgehead atoms. The zero-order chi connectivity index (χ0) is 13.4. The summed E-state index contributed by atoms with van der Waals surface area (Å²) in [7, 11) is 0. The van der Waals surface area contributed by atoms with Crippen molar-refractivity contribution in [1.82, 2.24) is 14.8 Å². The van der Waals surface area contributed by atoms with Crippen LogP contribution >= 0.6 is 11.3 Å². The number of nitrogens with zero attached hydrogens (tertiary/aromatic N) is 3. The van der Waals surface area contributed by atoms with Crippen LogP contribution < -0.4 is 5.73 Å². The van der Waals surface area contributed by atoms with Crippen molar-refractivity contribution in [2.24, 2.45) is 0 Å². The molecule has 2 N–H and O–H groups in total. The van der Waals surface area contributed by atoms with Crippen molar-refractivity contribution in [1.29, 1.82) is 0 Å². The summed E-state index contributed by atoms with van der Waals surface area (Å²) >= 11 is 1.60. The molecule has 0 spiro atoms. The van der Waals surface area contributed by atoms with Crippen LogP contribution in [-0.4, -0.2) is 14.8 Å². The van der Waals surface area contributed by atoms with E-state index in [1.165, 1.54) is 0 Å². The lowest BCUT2D eigenvalue weighted by atomic mass is 10.2. The van der Waals surface area contributed by atoms with Crippen molar-refractivity contribution < 1.29 is 0 Å². The molecule has 0 aliphatic rings. The molecule has 0 saturated heterocycles. The Hall–Kier alpha value is -2.14. The fraction of sp³-hybridized carbons (Fsp3) is 0.143. The normalized spacial score (nSPS) is 10.8. The molecule has 0 radical (unpaired) electrons. The Balaban J connectivity index is 2.22.